The van der Waals surface area contributed by atoms with E-state index in [1.165, 1.54) is 12.8 Å². The SMILES string of the molecule is C1CCC(NCC2CO2)OC1. The Kier molecular flexibility index (Phi) is 2.41. The summed E-state index contributed by atoms with van der Waals surface area (Å²) in [6.45, 7) is 2.81. The molecule has 64 valence electrons. The zero-order valence-electron chi connectivity index (χ0n) is 6.71. The Labute approximate surface area is 67.1 Å². The van der Waals surface area contributed by atoms with Crippen LogP contribution in [0, 0.1) is 0 Å². The van der Waals surface area contributed by atoms with E-state index in [1.807, 2.05) is 0 Å². The summed E-state index contributed by atoms with van der Waals surface area (Å²) in [5.74, 6) is 0. The van der Waals surface area contributed by atoms with Crippen LogP contribution in [0.4, 0.5) is 0 Å². The van der Waals surface area contributed by atoms with Crippen molar-refractivity contribution in [3.63, 3.8) is 0 Å². The van der Waals surface area contributed by atoms with Gasteiger partial charge in [0.2, 0.25) is 0 Å². The van der Waals surface area contributed by atoms with Crippen LogP contribution in [0.2, 0.25) is 0 Å². The maximum absolute atomic E-state index is 5.49. The lowest BCUT2D eigenvalue weighted by Gasteiger charge is -2.23. The number of ether oxygens (including phenoxy) is 2. The number of rotatable bonds is 3. The summed E-state index contributed by atoms with van der Waals surface area (Å²) < 4.78 is 10.6. The smallest absolute Gasteiger partial charge is 0.108 e. The summed E-state index contributed by atoms with van der Waals surface area (Å²) in [5.41, 5.74) is 0. The lowest BCUT2D eigenvalue weighted by molar-refractivity contribution is -0.00585. The van der Waals surface area contributed by atoms with Crippen LogP contribution >= 0.6 is 0 Å². The minimum Gasteiger partial charge on any atom is -0.372 e. The van der Waals surface area contributed by atoms with Gasteiger partial charge in [0.25, 0.3) is 0 Å². The number of epoxide rings is 1. The molecule has 0 aromatic carbocycles. The van der Waals surface area contributed by atoms with Crippen LogP contribution < -0.4 is 5.32 Å². The summed E-state index contributed by atoms with van der Waals surface area (Å²) in [5, 5.41) is 3.34. The monoisotopic (exact) mass is 157 g/mol. The molecule has 0 aromatic rings. The maximum atomic E-state index is 5.49. The van der Waals surface area contributed by atoms with Crippen LogP contribution in [0.5, 0.6) is 0 Å². The van der Waals surface area contributed by atoms with E-state index in [9.17, 15) is 0 Å². The van der Waals surface area contributed by atoms with E-state index in [0.29, 0.717) is 12.3 Å². The lowest BCUT2D eigenvalue weighted by Crippen LogP contribution is -2.36. The number of nitrogens with one attached hydrogen (secondary N) is 1. The van der Waals surface area contributed by atoms with Gasteiger partial charge in [0.1, 0.15) is 6.23 Å². The highest BCUT2D eigenvalue weighted by Gasteiger charge is 2.23. The standard InChI is InChI=1S/C8H15NO2/c1-2-4-10-8(3-1)9-5-7-6-11-7/h7-9H,1-6H2. The molecule has 11 heavy (non-hydrogen) atoms. The van der Waals surface area contributed by atoms with Crippen molar-refractivity contribution in [2.24, 2.45) is 0 Å². The van der Waals surface area contributed by atoms with Gasteiger partial charge < -0.3 is 9.47 Å². The molecule has 0 spiro atoms. The molecule has 2 heterocycles. The molecule has 2 atom stereocenters. The minimum absolute atomic E-state index is 0.299. The molecule has 3 nitrogen and oxygen atoms in total. The van der Waals surface area contributed by atoms with Gasteiger partial charge >= 0.3 is 0 Å². The average molecular weight is 157 g/mol. The van der Waals surface area contributed by atoms with Gasteiger partial charge in [0.15, 0.2) is 0 Å². The highest BCUT2D eigenvalue weighted by molar-refractivity contribution is 4.73. The zero-order valence-corrected chi connectivity index (χ0v) is 6.71. The Morgan fingerprint density at radius 1 is 1.27 bits per heavy atom. The fraction of sp³-hybridized carbons (Fsp3) is 1.00. The molecule has 1 N–H and O–H groups in total. The van der Waals surface area contributed by atoms with Gasteiger partial charge in [-0.1, -0.05) is 0 Å². The van der Waals surface area contributed by atoms with Crippen molar-refractivity contribution in [3.05, 3.63) is 0 Å². The van der Waals surface area contributed by atoms with Crippen molar-refractivity contribution in [2.75, 3.05) is 19.8 Å². The first kappa shape index (κ1) is 7.53. The Bertz CT molecular complexity index is 119. The normalized spacial score (nSPS) is 37.1. The van der Waals surface area contributed by atoms with Crippen molar-refractivity contribution in [2.45, 2.75) is 31.6 Å². The van der Waals surface area contributed by atoms with Crippen molar-refractivity contribution in [1.82, 2.24) is 5.32 Å². The molecule has 0 bridgehead atoms. The first-order valence-corrected chi connectivity index (χ1v) is 4.42. The van der Waals surface area contributed by atoms with E-state index < -0.39 is 0 Å². The van der Waals surface area contributed by atoms with E-state index in [4.69, 9.17) is 9.47 Å². The van der Waals surface area contributed by atoms with Crippen LogP contribution in [0.25, 0.3) is 0 Å². The van der Waals surface area contributed by atoms with Gasteiger partial charge in [-0.05, 0) is 19.3 Å². The molecule has 0 saturated carbocycles. The summed E-state index contributed by atoms with van der Waals surface area (Å²) in [6.07, 6.45) is 4.45. The highest BCUT2D eigenvalue weighted by Crippen LogP contribution is 2.12. The van der Waals surface area contributed by atoms with E-state index >= 15 is 0 Å². The third-order valence-corrected chi connectivity index (χ3v) is 2.16. The summed E-state index contributed by atoms with van der Waals surface area (Å²) in [6, 6.07) is 0. The van der Waals surface area contributed by atoms with Crippen LogP contribution in [-0.2, 0) is 9.47 Å². The third-order valence-electron chi connectivity index (χ3n) is 2.16. The largest absolute Gasteiger partial charge is 0.372 e. The van der Waals surface area contributed by atoms with Crippen LogP contribution in [0.3, 0.4) is 0 Å². The predicted octanol–water partition coefficient (Wildman–Crippen LogP) is 0.501. The van der Waals surface area contributed by atoms with Gasteiger partial charge in [-0.2, -0.15) is 0 Å². The van der Waals surface area contributed by atoms with Crippen molar-refractivity contribution >= 4 is 0 Å². The third kappa shape index (κ3) is 2.43. The quantitative estimate of drug-likeness (QED) is 0.606. The molecular weight excluding hydrogens is 142 g/mol. The van der Waals surface area contributed by atoms with E-state index in [2.05, 4.69) is 5.32 Å². The molecule has 0 amide bonds. The van der Waals surface area contributed by atoms with Gasteiger partial charge in [-0.15, -0.1) is 0 Å². The number of hydrogen-bond acceptors (Lipinski definition) is 3. The molecule has 2 rings (SSSR count). The van der Waals surface area contributed by atoms with Crippen LogP contribution in [-0.4, -0.2) is 32.1 Å². The van der Waals surface area contributed by atoms with Crippen LogP contribution in [0.1, 0.15) is 19.3 Å². The molecule has 2 saturated heterocycles. The molecule has 0 radical (unpaired) electrons. The fourth-order valence-electron chi connectivity index (χ4n) is 1.35. The summed E-state index contributed by atoms with van der Waals surface area (Å²) >= 11 is 0. The molecule has 0 aliphatic carbocycles. The summed E-state index contributed by atoms with van der Waals surface area (Å²) in [4.78, 5) is 0. The highest BCUT2D eigenvalue weighted by atomic mass is 16.6. The summed E-state index contributed by atoms with van der Waals surface area (Å²) in [7, 11) is 0. The Hall–Kier alpha value is -0.120. The molecule has 2 unspecified atom stereocenters. The van der Waals surface area contributed by atoms with Crippen LogP contribution in [0.15, 0.2) is 0 Å². The van der Waals surface area contributed by atoms with Crippen molar-refractivity contribution in [3.8, 4) is 0 Å². The number of hydrogen-bond donors (Lipinski definition) is 1. The van der Waals surface area contributed by atoms with Crippen molar-refractivity contribution < 1.29 is 9.47 Å². The molecule has 2 aliphatic rings. The van der Waals surface area contributed by atoms with E-state index in [1.54, 1.807) is 0 Å². The van der Waals surface area contributed by atoms with Crippen molar-refractivity contribution in [1.29, 1.82) is 0 Å². The Morgan fingerprint density at radius 3 is 2.82 bits per heavy atom. The fourth-order valence-corrected chi connectivity index (χ4v) is 1.35. The van der Waals surface area contributed by atoms with Gasteiger partial charge in [0.05, 0.1) is 12.7 Å². The van der Waals surface area contributed by atoms with Gasteiger partial charge in [-0.3, -0.25) is 5.32 Å². The Morgan fingerprint density at radius 2 is 2.18 bits per heavy atom. The molecule has 3 heteroatoms. The second-order valence-corrected chi connectivity index (χ2v) is 3.22. The second-order valence-electron chi connectivity index (χ2n) is 3.22. The average Bonchev–Trinajstić information content (AvgIpc) is 2.86. The van der Waals surface area contributed by atoms with Gasteiger partial charge in [0, 0.05) is 13.2 Å². The van der Waals surface area contributed by atoms with E-state index in [-0.39, 0.29) is 0 Å². The Balaban J connectivity index is 1.59. The molecule has 2 fully saturated rings. The maximum Gasteiger partial charge on any atom is 0.108 e. The first-order chi connectivity index (χ1) is 5.45. The van der Waals surface area contributed by atoms with Gasteiger partial charge in [-0.25, -0.2) is 0 Å². The molecule has 0 aromatic heterocycles. The second kappa shape index (κ2) is 3.52. The van der Waals surface area contributed by atoms with E-state index in [0.717, 1.165) is 26.2 Å². The molecule has 2 aliphatic heterocycles. The molecular formula is C8H15NO2. The topological polar surface area (TPSA) is 33.8 Å². The first-order valence-electron chi connectivity index (χ1n) is 4.42. The zero-order chi connectivity index (χ0) is 7.52. The lowest BCUT2D eigenvalue weighted by atomic mass is 10.2. The minimum atomic E-state index is 0.299. The predicted molar refractivity (Wildman–Crippen MR) is 41.3 cm³/mol.